The first-order chi connectivity index (χ1) is 10.9. The maximum absolute atomic E-state index is 12.2. The van der Waals surface area contributed by atoms with E-state index >= 15 is 0 Å². The van der Waals surface area contributed by atoms with Crippen LogP contribution in [0.1, 0.15) is 49.9 Å². The van der Waals surface area contributed by atoms with Gasteiger partial charge in [0.1, 0.15) is 0 Å². The van der Waals surface area contributed by atoms with Gasteiger partial charge >= 0.3 is 5.97 Å². The molecule has 1 aromatic rings. The molecule has 0 aromatic heterocycles. The van der Waals surface area contributed by atoms with E-state index in [1.165, 1.54) is 12.5 Å². The largest absolute Gasteiger partial charge is 0.449 e. The molecular formula is C17H21Cl2NO3. The third kappa shape index (κ3) is 4.61. The zero-order valence-corrected chi connectivity index (χ0v) is 14.8. The summed E-state index contributed by atoms with van der Waals surface area (Å²) in [5.74, 6) is -0.495. The lowest BCUT2D eigenvalue weighted by Gasteiger charge is -2.30. The monoisotopic (exact) mass is 357 g/mol. The molecular weight excluding hydrogens is 337 g/mol. The zero-order chi connectivity index (χ0) is 17.0. The van der Waals surface area contributed by atoms with Crippen LogP contribution in [0.15, 0.2) is 18.2 Å². The van der Waals surface area contributed by atoms with Crippen LogP contribution in [0.3, 0.4) is 0 Å². The molecule has 0 saturated heterocycles. The number of ether oxygens (including phenoxy) is 1. The van der Waals surface area contributed by atoms with Gasteiger partial charge in [-0.05, 0) is 37.8 Å². The third-order valence-corrected chi connectivity index (χ3v) is 5.08. The SMILES string of the molecule is C[C@H](OC(=O)c1cccc(Cl)c1Cl)C(=O)N[C@@H]1CCCC[C@H]1C. The van der Waals surface area contributed by atoms with Gasteiger partial charge in [-0.3, -0.25) is 4.79 Å². The molecule has 0 bridgehead atoms. The summed E-state index contributed by atoms with van der Waals surface area (Å²) >= 11 is 11.9. The van der Waals surface area contributed by atoms with Crippen molar-refractivity contribution in [3.63, 3.8) is 0 Å². The van der Waals surface area contributed by atoms with Gasteiger partial charge in [0.05, 0.1) is 15.6 Å². The van der Waals surface area contributed by atoms with Gasteiger partial charge in [0.2, 0.25) is 0 Å². The van der Waals surface area contributed by atoms with Gasteiger partial charge in [-0.25, -0.2) is 4.79 Å². The number of halogens is 2. The highest BCUT2D eigenvalue weighted by Gasteiger charge is 2.27. The summed E-state index contributed by atoms with van der Waals surface area (Å²) in [4.78, 5) is 24.4. The molecule has 2 rings (SSSR count). The lowest BCUT2D eigenvalue weighted by Crippen LogP contribution is -2.46. The van der Waals surface area contributed by atoms with E-state index in [1.807, 2.05) is 0 Å². The van der Waals surface area contributed by atoms with Crippen LogP contribution in [0.5, 0.6) is 0 Å². The van der Waals surface area contributed by atoms with E-state index in [9.17, 15) is 9.59 Å². The maximum atomic E-state index is 12.2. The van der Waals surface area contributed by atoms with E-state index < -0.39 is 12.1 Å². The topological polar surface area (TPSA) is 55.4 Å². The Balaban J connectivity index is 1.95. The minimum Gasteiger partial charge on any atom is -0.449 e. The number of amides is 1. The van der Waals surface area contributed by atoms with Crippen molar-refractivity contribution in [1.82, 2.24) is 5.32 Å². The lowest BCUT2D eigenvalue weighted by molar-refractivity contribution is -0.130. The predicted octanol–water partition coefficient (Wildman–Crippen LogP) is 4.23. The first-order valence-corrected chi connectivity index (χ1v) is 8.61. The molecule has 0 unspecified atom stereocenters. The van der Waals surface area contributed by atoms with Crippen LogP contribution in [0.25, 0.3) is 0 Å². The molecule has 1 aliphatic carbocycles. The lowest BCUT2D eigenvalue weighted by atomic mass is 9.86. The summed E-state index contributed by atoms with van der Waals surface area (Å²) in [6.07, 6.45) is 3.50. The van der Waals surface area contributed by atoms with Gasteiger partial charge in [-0.15, -0.1) is 0 Å². The van der Waals surface area contributed by atoms with Crippen molar-refractivity contribution in [3.8, 4) is 0 Å². The van der Waals surface area contributed by atoms with Crippen molar-refractivity contribution in [2.45, 2.75) is 51.7 Å². The average molecular weight is 358 g/mol. The van der Waals surface area contributed by atoms with Gasteiger partial charge in [0.15, 0.2) is 6.10 Å². The van der Waals surface area contributed by atoms with E-state index in [4.69, 9.17) is 27.9 Å². The Morgan fingerprint density at radius 1 is 1.26 bits per heavy atom. The summed E-state index contributed by atoms with van der Waals surface area (Å²) in [5.41, 5.74) is 0.157. The number of nitrogens with one attached hydrogen (secondary N) is 1. The number of benzene rings is 1. The Morgan fingerprint density at radius 3 is 2.65 bits per heavy atom. The van der Waals surface area contributed by atoms with Gasteiger partial charge < -0.3 is 10.1 Å². The highest BCUT2D eigenvalue weighted by Crippen LogP contribution is 2.26. The van der Waals surface area contributed by atoms with E-state index in [-0.39, 0.29) is 27.6 Å². The molecule has 0 heterocycles. The fraction of sp³-hybridized carbons (Fsp3) is 0.529. The maximum Gasteiger partial charge on any atom is 0.340 e. The van der Waals surface area contributed by atoms with Crippen LogP contribution in [0.4, 0.5) is 0 Å². The smallest absolute Gasteiger partial charge is 0.340 e. The van der Waals surface area contributed by atoms with Crippen LogP contribution in [0.2, 0.25) is 10.0 Å². The second-order valence-electron chi connectivity index (χ2n) is 6.03. The highest BCUT2D eigenvalue weighted by molar-refractivity contribution is 6.43. The zero-order valence-electron chi connectivity index (χ0n) is 13.3. The minimum atomic E-state index is -0.883. The first-order valence-electron chi connectivity index (χ1n) is 7.85. The van der Waals surface area contributed by atoms with Crippen LogP contribution in [-0.4, -0.2) is 24.0 Å². The van der Waals surface area contributed by atoms with Crippen LogP contribution in [-0.2, 0) is 9.53 Å². The Hall–Kier alpha value is -1.26. The number of carbonyl (C=O) groups excluding carboxylic acids is 2. The van der Waals surface area contributed by atoms with Crippen molar-refractivity contribution < 1.29 is 14.3 Å². The van der Waals surface area contributed by atoms with Gasteiger partial charge in [0, 0.05) is 6.04 Å². The molecule has 6 heteroatoms. The molecule has 0 spiro atoms. The van der Waals surface area contributed by atoms with Crippen LogP contribution >= 0.6 is 23.2 Å². The van der Waals surface area contributed by atoms with Gasteiger partial charge in [-0.2, -0.15) is 0 Å². The molecule has 4 nitrogen and oxygen atoms in total. The molecule has 126 valence electrons. The normalized spacial score (nSPS) is 22.3. The molecule has 23 heavy (non-hydrogen) atoms. The molecule has 1 N–H and O–H groups in total. The summed E-state index contributed by atoms with van der Waals surface area (Å²) in [6, 6.07) is 4.86. The van der Waals surface area contributed by atoms with E-state index in [0.717, 1.165) is 19.3 Å². The molecule has 1 fully saturated rings. The standard InChI is InChI=1S/C17H21Cl2NO3/c1-10-6-3-4-9-14(10)20-16(21)11(2)23-17(22)12-7-5-8-13(18)15(12)19/h5,7-8,10-11,14H,3-4,6,9H2,1-2H3,(H,20,21)/t10-,11+,14-/m1/s1. The molecule has 3 atom stereocenters. The second kappa shape index (κ2) is 8.02. The summed E-state index contributed by atoms with van der Waals surface area (Å²) in [5, 5.41) is 3.38. The van der Waals surface area contributed by atoms with Crippen molar-refractivity contribution in [1.29, 1.82) is 0 Å². The Bertz CT molecular complexity index is 591. The molecule has 0 aliphatic heterocycles. The molecule has 1 amide bonds. The average Bonchev–Trinajstić information content (AvgIpc) is 2.52. The van der Waals surface area contributed by atoms with Crippen molar-refractivity contribution in [3.05, 3.63) is 33.8 Å². The predicted molar refractivity (Wildman–Crippen MR) is 90.9 cm³/mol. The molecule has 1 aliphatic rings. The van der Waals surface area contributed by atoms with E-state index in [0.29, 0.717) is 5.92 Å². The first kappa shape index (κ1) is 18.1. The van der Waals surface area contributed by atoms with Crippen molar-refractivity contribution >= 4 is 35.1 Å². The molecule has 0 radical (unpaired) electrons. The minimum absolute atomic E-state index is 0.132. The van der Waals surface area contributed by atoms with Crippen LogP contribution < -0.4 is 5.32 Å². The quantitative estimate of drug-likeness (QED) is 0.820. The van der Waals surface area contributed by atoms with Gasteiger partial charge in [-0.1, -0.05) is 49.0 Å². The number of esters is 1. The van der Waals surface area contributed by atoms with Crippen molar-refractivity contribution in [2.24, 2.45) is 5.92 Å². The Morgan fingerprint density at radius 2 is 1.96 bits per heavy atom. The Kier molecular flexibility index (Phi) is 6.31. The van der Waals surface area contributed by atoms with Crippen molar-refractivity contribution in [2.75, 3.05) is 0 Å². The molecule has 1 aromatic carbocycles. The number of rotatable bonds is 4. The summed E-state index contributed by atoms with van der Waals surface area (Å²) < 4.78 is 5.22. The third-order valence-electron chi connectivity index (χ3n) is 4.26. The number of hydrogen-bond donors (Lipinski definition) is 1. The summed E-state index contributed by atoms with van der Waals surface area (Å²) in [7, 11) is 0. The van der Waals surface area contributed by atoms with Crippen LogP contribution in [0, 0.1) is 5.92 Å². The van der Waals surface area contributed by atoms with E-state index in [2.05, 4.69) is 12.2 Å². The van der Waals surface area contributed by atoms with Gasteiger partial charge in [0.25, 0.3) is 5.91 Å². The molecule has 1 saturated carbocycles. The van der Waals surface area contributed by atoms with E-state index in [1.54, 1.807) is 19.1 Å². The summed E-state index contributed by atoms with van der Waals surface area (Å²) in [6.45, 7) is 3.69. The fourth-order valence-corrected chi connectivity index (χ4v) is 3.15. The fourth-order valence-electron chi connectivity index (χ4n) is 2.77. The highest BCUT2D eigenvalue weighted by atomic mass is 35.5. The number of carbonyl (C=O) groups is 2. The number of hydrogen-bond acceptors (Lipinski definition) is 3. The Labute approximate surface area is 146 Å². The second-order valence-corrected chi connectivity index (χ2v) is 6.81.